The summed E-state index contributed by atoms with van der Waals surface area (Å²) in [6, 6.07) is 35.7. The zero-order valence-corrected chi connectivity index (χ0v) is 24.6. The van der Waals surface area contributed by atoms with Gasteiger partial charge in [-0.1, -0.05) is 99.2 Å². The Balaban J connectivity index is 1.60. The van der Waals surface area contributed by atoms with Gasteiger partial charge in [-0.25, -0.2) is 0 Å². The number of anilines is 3. The van der Waals surface area contributed by atoms with Gasteiger partial charge in [0.05, 0.1) is 0 Å². The lowest BCUT2D eigenvalue weighted by Gasteiger charge is -2.34. The summed E-state index contributed by atoms with van der Waals surface area (Å²) < 4.78 is 0. The van der Waals surface area contributed by atoms with E-state index in [1.54, 1.807) is 0 Å². The zero-order valence-electron chi connectivity index (χ0n) is 24.6. The molecule has 0 spiro atoms. The Kier molecular flexibility index (Phi) is 9.92. The number of benzene rings is 4. The van der Waals surface area contributed by atoms with Gasteiger partial charge in [-0.15, -0.1) is 0 Å². The molecule has 4 aromatic rings. The molecular weight excluding hydrogens is 502 g/mol. The van der Waals surface area contributed by atoms with Crippen LogP contribution in [-0.4, -0.2) is 23.4 Å². The second-order valence-corrected chi connectivity index (χ2v) is 11.6. The third kappa shape index (κ3) is 6.42. The molecule has 0 fully saturated rings. The highest BCUT2D eigenvalue weighted by atomic mass is 16.3. The quantitative estimate of drug-likeness (QED) is 0.146. The topological polar surface area (TPSA) is 43.7 Å². The smallest absolute Gasteiger partial charge is 0.0465 e. The average Bonchev–Trinajstić information content (AvgIpc) is 3.27. The van der Waals surface area contributed by atoms with Crippen LogP contribution in [0, 0.1) is 6.92 Å². The normalized spacial score (nSPS) is 13.1. The third-order valence-electron chi connectivity index (χ3n) is 8.81. The van der Waals surface area contributed by atoms with Crippen molar-refractivity contribution >= 4 is 17.1 Å². The summed E-state index contributed by atoms with van der Waals surface area (Å²) in [5.41, 5.74) is 10.4. The molecule has 0 bridgehead atoms. The fraction of sp³-hybridized carbons (Fsp3) is 0.368. The predicted octanol–water partition coefficient (Wildman–Crippen LogP) is 9.62. The highest BCUT2D eigenvalue weighted by molar-refractivity contribution is 5.85. The number of aliphatic hydroxyl groups is 2. The van der Waals surface area contributed by atoms with Gasteiger partial charge < -0.3 is 15.1 Å². The lowest BCUT2D eigenvalue weighted by Crippen LogP contribution is -2.26. The minimum absolute atomic E-state index is 0.0324. The summed E-state index contributed by atoms with van der Waals surface area (Å²) in [6.07, 6.45) is 10.7. The number of fused-ring (bicyclic) bond motifs is 3. The minimum Gasteiger partial charge on any atom is -0.396 e. The van der Waals surface area contributed by atoms with E-state index in [4.69, 9.17) is 0 Å². The van der Waals surface area contributed by atoms with Gasteiger partial charge in [-0.05, 0) is 96.8 Å². The SMILES string of the molecule is Cc1cccc(N(c2ccccc2)c2ccc3c(c2)C(CCCCCCO)(CCCCCCO)c2ccccc2-3)c1. The van der Waals surface area contributed by atoms with Gasteiger partial charge in [-0.2, -0.15) is 0 Å². The molecule has 2 N–H and O–H groups in total. The molecule has 1 aliphatic carbocycles. The van der Waals surface area contributed by atoms with Crippen LogP contribution in [0.4, 0.5) is 17.1 Å². The Labute approximate surface area is 246 Å². The van der Waals surface area contributed by atoms with Crippen LogP contribution in [0.5, 0.6) is 0 Å². The van der Waals surface area contributed by atoms with E-state index >= 15 is 0 Å². The molecule has 0 amide bonds. The van der Waals surface area contributed by atoms with Gasteiger partial charge in [0.15, 0.2) is 0 Å². The Morgan fingerprint density at radius 3 is 1.78 bits per heavy atom. The van der Waals surface area contributed by atoms with Crippen molar-refractivity contribution in [3.8, 4) is 11.1 Å². The lowest BCUT2D eigenvalue weighted by atomic mass is 9.70. The van der Waals surface area contributed by atoms with Crippen LogP contribution in [0.15, 0.2) is 97.1 Å². The Bertz CT molecular complexity index is 1380. The number of rotatable bonds is 15. The van der Waals surface area contributed by atoms with Crippen LogP contribution in [0.3, 0.4) is 0 Å². The van der Waals surface area contributed by atoms with Gasteiger partial charge in [0.1, 0.15) is 0 Å². The summed E-state index contributed by atoms with van der Waals surface area (Å²) in [7, 11) is 0. The molecule has 41 heavy (non-hydrogen) atoms. The molecule has 4 aromatic carbocycles. The molecule has 0 radical (unpaired) electrons. The first-order valence-corrected chi connectivity index (χ1v) is 15.6. The summed E-state index contributed by atoms with van der Waals surface area (Å²) in [6.45, 7) is 2.71. The summed E-state index contributed by atoms with van der Waals surface area (Å²) in [5.74, 6) is 0. The maximum atomic E-state index is 9.34. The van der Waals surface area contributed by atoms with Crippen molar-refractivity contribution in [2.75, 3.05) is 18.1 Å². The van der Waals surface area contributed by atoms with E-state index in [2.05, 4.69) is 109 Å². The van der Waals surface area contributed by atoms with Crippen molar-refractivity contribution in [2.24, 2.45) is 0 Å². The summed E-state index contributed by atoms with van der Waals surface area (Å²) in [4.78, 5) is 2.39. The molecule has 0 saturated heterocycles. The maximum Gasteiger partial charge on any atom is 0.0465 e. The summed E-state index contributed by atoms with van der Waals surface area (Å²) in [5, 5.41) is 18.7. The van der Waals surface area contributed by atoms with E-state index in [1.165, 1.54) is 39.2 Å². The molecule has 0 aliphatic heterocycles. The van der Waals surface area contributed by atoms with Crippen LogP contribution in [0.25, 0.3) is 11.1 Å². The minimum atomic E-state index is -0.0324. The van der Waals surface area contributed by atoms with Crippen molar-refractivity contribution in [1.82, 2.24) is 0 Å². The zero-order chi connectivity index (χ0) is 28.5. The van der Waals surface area contributed by atoms with Gasteiger partial charge in [0.25, 0.3) is 0 Å². The van der Waals surface area contributed by atoms with E-state index in [1.807, 2.05) is 0 Å². The standard InChI is InChI=1S/C38H45NO2/c1-30-16-15-19-32(28-30)39(31-17-7-6-8-18-31)33-22-23-35-34-20-9-10-21-36(34)38(37(35)29-33,24-11-2-4-13-26-40)25-12-3-5-14-27-41/h6-10,15-23,28-29,40-41H,2-5,11-14,24-27H2,1H3. The first-order chi connectivity index (χ1) is 20.2. The van der Waals surface area contributed by atoms with Crippen molar-refractivity contribution in [3.63, 3.8) is 0 Å². The predicted molar refractivity (Wildman–Crippen MR) is 172 cm³/mol. The van der Waals surface area contributed by atoms with Gasteiger partial charge in [-0.3, -0.25) is 0 Å². The van der Waals surface area contributed by atoms with Crippen molar-refractivity contribution < 1.29 is 10.2 Å². The van der Waals surface area contributed by atoms with E-state index in [-0.39, 0.29) is 18.6 Å². The fourth-order valence-electron chi connectivity index (χ4n) is 6.82. The molecule has 0 heterocycles. The monoisotopic (exact) mass is 547 g/mol. The van der Waals surface area contributed by atoms with E-state index in [0.717, 1.165) is 69.9 Å². The second kappa shape index (κ2) is 14.0. The maximum absolute atomic E-state index is 9.34. The highest BCUT2D eigenvalue weighted by Gasteiger charge is 2.42. The molecule has 214 valence electrons. The van der Waals surface area contributed by atoms with Crippen molar-refractivity contribution in [1.29, 1.82) is 0 Å². The summed E-state index contributed by atoms with van der Waals surface area (Å²) >= 11 is 0. The first-order valence-electron chi connectivity index (χ1n) is 15.6. The molecule has 0 unspecified atom stereocenters. The van der Waals surface area contributed by atoms with Gasteiger partial charge in [0.2, 0.25) is 0 Å². The van der Waals surface area contributed by atoms with E-state index in [0.29, 0.717) is 0 Å². The van der Waals surface area contributed by atoms with Gasteiger partial charge in [0, 0.05) is 35.7 Å². The Morgan fingerprint density at radius 2 is 1.10 bits per heavy atom. The molecule has 0 atom stereocenters. The van der Waals surface area contributed by atoms with Crippen molar-refractivity contribution in [2.45, 2.75) is 76.5 Å². The van der Waals surface area contributed by atoms with Crippen LogP contribution >= 0.6 is 0 Å². The van der Waals surface area contributed by atoms with Crippen LogP contribution in [-0.2, 0) is 5.41 Å². The average molecular weight is 548 g/mol. The number of unbranched alkanes of at least 4 members (excludes halogenated alkanes) is 6. The first kappa shape index (κ1) is 29.1. The number of hydrogen-bond acceptors (Lipinski definition) is 3. The largest absolute Gasteiger partial charge is 0.396 e. The Morgan fingerprint density at radius 1 is 0.512 bits per heavy atom. The van der Waals surface area contributed by atoms with Gasteiger partial charge >= 0.3 is 0 Å². The van der Waals surface area contributed by atoms with Crippen LogP contribution < -0.4 is 4.90 Å². The number of hydrogen-bond donors (Lipinski definition) is 2. The molecule has 3 nitrogen and oxygen atoms in total. The number of aliphatic hydroxyl groups excluding tert-OH is 2. The fourth-order valence-corrected chi connectivity index (χ4v) is 6.82. The van der Waals surface area contributed by atoms with E-state index in [9.17, 15) is 10.2 Å². The van der Waals surface area contributed by atoms with Crippen molar-refractivity contribution in [3.05, 3.63) is 114 Å². The molecule has 0 aromatic heterocycles. The molecule has 3 heteroatoms. The second-order valence-electron chi connectivity index (χ2n) is 11.6. The molecular formula is C38H45NO2. The Hall–Kier alpha value is -3.40. The number of para-hydroxylation sites is 1. The third-order valence-corrected chi connectivity index (χ3v) is 8.81. The highest BCUT2D eigenvalue weighted by Crippen LogP contribution is 2.55. The molecule has 1 aliphatic rings. The number of nitrogens with zero attached hydrogens (tertiary/aromatic N) is 1. The number of aryl methyl sites for hydroxylation is 1. The van der Waals surface area contributed by atoms with Crippen LogP contribution in [0.2, 0.25) is 0 Å². The lowest BCUT2D eigenvalue weighted by molar-refractivity contribution is 0.279. The molecule has 0 saturated carbocycles. The van der Waals surface area contributed by atoms with Crippen LogP contribution in [0.1, 0.15) is 80.9 Å². The van der Waals surface area contributed by atoms with E-state index < -0.39 is 0 Å². The molecule has 5 rings (SSSR count).